The molecule has 0 N–H and O–H groups in total. The van der Waals surface area contributed by atoms with Crippen LogP contribution in [0.4, 0.5) is 4.39 Å². The number of rotatable bonds is 1. The van der Waals surface area contributed by atoms with Crippen LogP contribution in [0, 0.1) is 5.95 Å². The van der Waals surface area contributed by atoms with Crippen molar-refractivity contribution in [1.82, 2.24) is 9.88 Å². The first kappa shape index (κ1) is 11.4. The summed E-state index contributed by atoms with van der Waals surface area (Å²) in [5, 5.41) is 0. The van der Waals surface area contributed by atoms with Crippen molar-refractivity contribution in [3.05, 3.63) is 29.8 Å². The molecule has 2 heterocycles. The van der Waals surface area contributed by atoms with Crippen molar-refractivity contribution in [2.75, 3.05) is 24.6 Å². The average molecular weight is 240 g/mol. The maximum Gasteiger partial charge on any atom is 0.272 e. The lowest BCUT2D eigenvalue weighted by Gasteiger charge is -2.19. The lowest BCUT2D eigenvalue weighted by molar-refractivity contribution is 0.0761. The second-order valence-corrected chi connectivity index (χ2v) is 4.83. The Morgan fingerprint density at radius 1 is 1.38 bits per heavy atom. The maximum absolute atomic E-state index is 12.9. The summed E-state index contributed by atoms with van der Waals surface area (Å²) in [7, 11) is 0. The molecule has 0 aromatic carbocycles. The van der Waals surface area contributed by atoms with Gasteiger partial charge in [-0.1, -0.05) is 6.07 Å². The molecule has 86 valence electrons. The minimum atomic E-state index is -0.602. The number of carbonyl (C=O) groups is 1. The first-order valence-electron chi connectivity index (χ1n) is 5.27. The third-order valence-corrected chi connectivity index (χ3v) is 3.49. The number of halogens is 1. The zero-order valence-corrected chi connectivity index (χ0v) is 9.67. The zero-order chi connectivity index (χ0) is 11.4. The van der Waals surface area contributed by atoms with E-state index in [9.17, 15) is 9.18 Å². The highest BCUT2D eigenvalue weighted by Crippen LogP contribution is 2.12. The van der Waals surface area contributed by atoms with E-state index in [1.807, 2.05) is 11.8 Å². The van der Waals surface area contributed by atoms with Gasteiger partial charge in [0.25, 0.3) is 5.91 Å². The number of hydrogen-bond donors (Lipinski definition) is 0. The largest absolute Gasteiger partial charge is 0.336 e. The third-order valence-electron chi connectivity index (χ3n) is 2.44. The van der Waals surface area contributed by atoms with Gasteiger partial charge in [0.15, 0.2) is 0 Å². The molecule has 16 heavy (non-hydrogen) atoms. The van der Waals surface area contributed by atoms with Gasteiger partial charge in [0.05, 0.1) is 0 Å². The van der Waals surface area contributed by atoms with Crippen molar-refractivity contribution in [2.45, 2.75) is 6.42 Å². The fraction of sp³-hybridized carbons (Fsp3) is 0.455. The Labute approximate surface area is 98.0 Å². The van der Waals surface area contributed by atoms with Crippen molar-refractivity contribution in [3.63, 3.8) is 0 Å². The van der Waals surface area contributed by atoms with Crippen LogP contribution >= 0.6 is 11.8 Å². The molecule has 3 nitrogen and oxygen atoms in total. The van der Waals surface area contributed by atoms with E-state index in [4.69, 9.17) is 0 Å². The van der Waals surface area contributed by atoms with Crippen molar-refractivity contribution >= 4 is 17.7 Å². The molecule has 1 aliphatic rings. The van der Waals surface area contributed by atoms with Crippen molar-refractivity contribution in [1.29, 1.82) is 0 Å². The molecule has 0 spiro atoms. The quantitative estimate of drug-likeness (QED) is 0.702. The third kappa shape index (κ3) is 2.72. The van der Waals surface area contributed by atoms with Gasteiger partial charge < -0.3 is 4.90 Å². The molecule has 0 bridgehead atoms. The molecule has 1 saturated heterocycles. The number of amides is 1. The molecule has 1 fully saturated rings. The highest BCUT2D eigenvalue weighted by molar-refractivity contribution is 7.99. The Morgan fingerprint density at radius 2 is 2.25 bits per heavy atom. The molecule has 0 aliphatic carbocycles. The summed E-state index contributed by atoms with van der Waals surface area (Å²) in [6.45, 7) is 1.46. The molecule has 0 unspecified atom stereocenters. The van der Waals surface area contributed by atoms with E-state index in [-0.39, 0.29) is 11.6 Å². The first-order valence-corrected chi connectivity index (χ1v) is 6.42. The second-order valence-electron chi connectivity index (χ2n) is 3.60. The summed E-state index contributed by atoms with van der Waals surface area (Å²) in [5.41, 5.74) is 0.201. The molecule has 0 saturated carbocycles. The molecular formula is C11H13FN2OS. The van der Waals surface area contributed by atoms with E-state index < -0.39 is 5.95 Å². The highest BCUT2D eigenvalue weighted by atomic mass is 32.2. The van der Waals surface area contributed by atoms with Gasteiger partial charge >= 0.3 is 0 Å². The fourth-order valence-electron chi connectivity index (χ4n) is 1.64. The van der Waals surface area contributed by atoms with Gasteiger partial charge in [-0.25, -0.2) is 4.98 Å². The number of nitrogens with zero attached hydrogens (tertiary/aromatic N) is 2. The monoisotopic (exact) mass is 240 g/mol. The summed E-state index contributed by atoms with van der Waals surface area (Å²) in [6.07, 6.45) is 0.992. The fourth-order valence-corrected chi connectivity index (χ4v) is 2.53. The number of pyridine rings is 1. The Balaban J connectivity index is 2.11. The van der Waals surface area contributed by atoms with Crippen LogP contribution in [0.1, 0.15) is 16.9 Å². The van der Waals surface area contributed by atoms with Gasteiger partial charge in [0, 0.05) is 18.8 Å². The van der Waals surface area contributed by atoms with E-state index in [1.165, 1.54) is 12.1 Å². The van der Waals surface area contributed by atoms with Gasteiger partial charge in [-0.05, 0) is 24.3 Å². The maximum atomic E-state index is 12.9. The zero-order valence-electron chi connectivity index (χ0n) is 8.86. The second kappa shape index (κ2) is 5.30. The lowest BCUT2D eigenvalue weighted by Crippen LogP contribution is -2.33. The van der Waals surface area contributed by atoms with E-state index in [2.05, 4.69) is 4.98 Å². The first-order chi connectivity index (χ1) is 7.77. The summed E-state index contributed by atoms with van der Waals surface area (Å²) in [6, 6.07) is 4.32. The van der Waals surface area contributed by atoms with Crippen LogP contribution in [0.15, 0.2) is 18.2 Å². The van der Waals surface area contributed by atoms with Crippen molar-refractivity contribution in [2.24, 2.45) is 0 Å². The smallest absolute Gasteiger partial charge is 0.272 e. The standard InChI is InChI=1S/C11H13FN2OS/c12-10-4-1-3-9(13-10)11(15)14-5-2-7-16-8-6-14/h1,3-4H,2,5-8H2. The topological polar surface area (TPSA) is 33.2 Å². The SMILES string of the molecule is O=C(c1cccc(F)n1)N1CCCSCC1. The van der Waals surface area contributed by atoms with Crippen LogP contribution < -0.4 is 0 Å². The molecule has 1 aliphatic heterocycles. The molecule has 1 aromatic heterocycles. The predicted octanol–water partition coefficient (Wildman–Crippen LogP) is 1.80. The number of aromatic nitrogens is 1. The highest BCUT2D eigenvalue weighted by Gasteiger charge is 2.18. The summed E-state index contributed by atoms with van der Waals surface area (Å²) in [4.78, 5) is 17.4. The Bertz CT molecular complexity index is 378. The Kier molecular flexibility index (Phi) is 3.77. The number of hydrogen-bond acceptors (Lipinski definition) is 3. The molecule has 0 radical (unpaired) electrons. The molecule has 5 heteroatoms. The van der Waals surface area contributed by atoms with Crippen LogP contribution in [0.5, 0.6) is 0 Å². The van der Waals surface area contributed by atoms with Crippen LogP contribution in [0.25, 0.3) is 0 Å². The van der Waals surface area contributed by atoms with E-state index in [0.717, 1.165) is 31.0 Å². The molecule has 1 aromatic rings. The van der Waals surface area contributed by atoms with Crippen LogP contribution in [0.3, 0.4) is 0 Å². The Hall–Kier alpha value is -1.10. The van der Waals surface area contributed by atoms with Gasteiger partial charge in [0.1, 0.15) is 5.69 Å². The molecule has 2 rings (SSSR count). The van der Waals surface area contributed by atoms with Crippen molar-refractivity contribution in [3.8, 4) is 0 Å². The molecule has 0 atom stereocenters. The minimum absolute atomic E-state index is 0.165. The number of thioether (sulfide) groups is 1. The average Bonchev–Trinajstić information content (AvgIpc) is 2.56. The van der Waals surface area contributed by atoms with Gasteiger partial charge in [-0.2, -0.15) is 16.2 Å². The lowest BCUT2D eigenvalue weighted by atomic mass is 10.3. The van der Waals surface area contributed by atoms with Crippen LogP contribution in [-0.2, 0) is 0 Å². The van der Waals surface area contributed by atoms with Crippen molar-refractivity contribution < 1.29 is 9.18 Å². The van der Waals surface area contributed by atoms with E-state index >= 15 is 0 Å². The van der Waals surface area contributed by atoms with E-state index in [0.29, 0.717) is 0 Å². The van der Waals surface area contributed by atoms with Crippen LogP contribution in [-0.4, -0.2) is 40.4 Å². The van der Waals surface area contributed by atoms with Gasteiger partial charge in [0.2, 0.25) is 5.95 Å². The van der Waals surface area contributed by atoms with E-state index in [1.54, 1.807) is 11.0 Å². The predicted molar refractivity (Wildman–Crippen MR) is 62.0 cm³/mol. The molecule has 1 amide bonds. The minimum Gasteiger partial charge on any atom is -0.336 e. The number of carbonyl (C=O) groups excluding carboxylic acids is 1. The van der Waals surface area contributed by atoms with Gasteiger partial charge in [-0.3, -0.25) is 4.79 Å². The molecular weight excluding hydrogens is 227 g/mol. The van der Waals surface area contributed by atoms with Gasteiger partial charge in [-0.15, -0.1) is 0 Å². The summed E-state index contributed by atoms with van der Waals surface area (Å²) < 4.78 is 12.9. The summed E-state index contributed by atoms with van der Waals surface area (Å²) >= 11 is 1.85. The normalized spacial score (nSPS) is 16.9. The Morgan fingerprint density at radius 3 is 3.06 bits per heavy atom. The summed E-state index contributed by atoms with van der Waals surface area (Å²) in [5.74, 6) is 1.26. The van der Waals surface area contributed by atoms with Crippen LogP contribution in [0.2, 0.25) is 0 Å².